The normalized spacial score (nSPS) is 16.2. The minimum atomic E-state index is -6.87. The van der Waals surface area contributed by atoms with Crippen molar-refractivity contribution in [3.05, 3.63) is 0 Å². The van der Waals surface area contributed by atoms with E-state index in [9.17, 15) is 70.3 Å². The van der Waals surface area contributed by atoms with Crippen LogP contribution < -0.4 is 5.32 Å². The number of carbonyl (C=O) groups is 1. The van der Waals surface area contributed by atoms with Crippen molar-refractivity contribution >= 4 is 27.8 Å². The monoisotopic (exact) mass is 643 g/mol. The smallest absolute Gasteiger partial charge is 0.350 e. The molecule has 5 nitrogen and oxygen atoms in total. The Bertz CT molecular complexity index is 883. The van der Waals surface area contributed by atoms with Crippen LogP contribution in [-0.4, -0.2) is 72.0 Å². The zero-order valence-electron chi connectivity index (χ0n) is 20.2. The first-order valence-electron chi connectivity index (χ1n) is 10.8. The molecule has 0 aromatic carbocycles. The maximum Gasteiger partial charge on any atom is 0.431 e. The number of carbonyl (C=O) groups excluding carboxylic acids is 1. The van der Waals surface area contributed by atoms with Crippen LogP contribution in [0.3, 0.4) is 0 Å². The van der Waals surface area contributed by atoms with Gasteiger partial charge in [0.2, 0.25) is 5.91 Å². The second-order valence-corrected chi connectivity index (χ2v) is 12.1. The van der Waals surface area contributed by atoms with E-state index in [2.05, 4.69) is 5.32 Å². The van der Waals surface area contributed by atoms with Gasteiger partial charge < -0.3 is 5.32 Å². The second kappa shape index (κ2) is 13.2. The van der Waals surface area contributed by atoms with E-state index >= 15 is 0 Å². The average Bonchev–Trinajstić information content (AvgIpc) is 2.62. The number of nitrogens with one attached hydrogen (secondary N) is 1. The van der Waals surface area contributed by atoms with Gasteiger partial charge in [-0.3, -0.25) is 9.35 Å². The van der Waals surface area contributed by atoms with Crippen LogP contribution in [0.25, 0.3) is 0 Å². The molecule has 0 rings (SSSR count). The van der Waals surface area contributed by atoms with Crippen LogP contribution in [0.1, 0.15) is 46.0 Å². The number of hydrogen-bond acceptors (Lipinski definition) is 4. The first-order valence-corrected chi connectivity index (χ1v) is 13.6. The summed E-state index contributed by atoms with van der Waals surface area (Å²) < 4.78 is 200. The van der Waals surface area contributed by atoms with Crippen LogP contribution in [0.15, 0.2) is 0 Å². The van der Waals surface area contributed by atoms with Gasteiger partial charge in [0.25, 0.3) is 15.8 Å². The summed E-state index contributed by atoms with van der Waals surface area (Å²) in [5, 5.41) is 2.28. The zero-order chi connectivity index (χ0) is 31.3. The van der Waals surface area contributed by atoms with Crippen molar-refractivity contribution in [2.75, 3.05) is 17.3 Å². The molecule has 0 bridgehead atoms. The van der Waals surface area contributed by atoms with E-state index in [1.165, 1.54) is 13.8 Å². The summed E-state index contributed by atoms with van der Waals surface area (Å²) in [5.74, 6) is -8.71. The molecule has 234 valence electrons. The van der Waals surface area contributed by atoms with Crippen LogP contribution in [0, 0.1) is 11.8 Å². The Kier molecular flexibility index (Phi) is 12.8. The molecule has 2 unspecified atom stereocenters. The Balaban J connectivity index is 5.19. The fraction of sp³-hybridized carbons (Fsp3) is 0.947. The number of thioether (sulfide) groups is 1. The molecule has 0 spiro atoms. The van der Waals surface area contributed by atoms with Gasteiger partial charge in [0.15, 0.2) is 0 Å². The molecule has 20 heteroatoms. The summed E-state index contributed by atoms with van der Waals surface area (Å²) in [5.41, 5.74) is -7.76. The van der Waals surface area contributed by atoms with Gasteiger partial charge in [-0.15, -0.1) is 0 Å². The highest BCUT2D eigenvalue weighted by Crippen LogP contribution is 2.53. The first kappa shape index (κ1) is 37.8. The molecule has 0 heterocycles. The minimum absolute atomic E-state index is 0.0583. The maximum absolute atomic E-state index is 13.9. The third kappa shape index (κ3) is 13.4. The Hall–Kier alpha value is -1.18. The molecular formula is C19H26F13NO4S2. The third-order valence-corrected chi connectivity index (χ3v) is 7.41. The molecule has 2 N–H and O–H groups in total. The van der Waals surface area contributed by atoms with Gasteiger partial charge >= 0.3 is 24.7 Å². The van der Waals surface area contributed by atoms with Crippen molar-refractivity contribution in [2.45, 2.75) is 81.9 Å². The Morgan fingerprint density at radius 3 is 1.67 bits per heavy atom. The van der Waals surface area contributed by atoms with E-state index in [-0.39, 0.29) is 17.9 Å². The standard InChI is InChI=1S/C19H26F13NO4S2/c1-14(2,10-39(35,36)37)33-13(34)5-7-38-6-3-4-11(16(21,22)23)8-12(17(24,25)26)9-15(20,18(27,28)29)19(30,31)32/h11-12H,3-10H2,1-2H3,(H,33,34)(H,35,36,37). The predicted molar refractivity (Wildman–Crippen MR) is 114 cm³/mol. The van der Waals surface area contributed by atoms with Gasteiger partial charge in [0.05, 0.1) is 23.1 Å². The molecule has 0 radical (unpaired) electrons. The summed E-state index contributed by atoms with van der Waals surface area (Å²) in [6.07, 6.45) is -32.7. The number of hydrogen-bond donors (Lipinski definition) is 2. The fourth-order valence-electron chi connectivity index (χ4n) is 3.45. The third-order valence-electron chi connectivity index (χ3n) is 5.26. The lowest BCUT2D eigenvalue weighted by molar-refractivity contribution is -0.353. The van der Waals surface area contributed by atoms with E-state index in [1.807, 2.05) is 0 Å². The fourth-order valence-corrected chi connectivity index (χ4v) is 5.34. The van der Waals surface area contributed by atoms with Crippen LogP contribution in [0.2, 0.25) is 0 Å². The first-order chi connectivity index (χ1) is 17.0. The number of alkyl halides is 13. The highest BCUT2D eigenvalue weighted by molar-refractivity contribution is 7.99. The molecule has 0 aliphatic carbocycles. The minimum Gasteiger partial charge on any atom is -0.350 e. The number of amides is 1. The van der Waals surface area contributed by atoms with Crippen LogP contribution in [0.4, 0.5) is 57.1 Å². The summed E-state index contributed by atoms with van der Waals surface area (Å²) in [6.45, 7) is 2.54. The molecule has 39 heavy (non-hydrogen) atoms. The molecule has 1 amide bonds. The largest absolute Gasteiger partial charge is 0.431 e. The van der Waals surface area contributed by atoms with Crippen molar-refractivity contribution in [3.63, 3.8) is 0 Å². The van der Waals surface area contributed by atoms with Crippen LogP contribution in [0.5, 0.6) is 0 Å². The van der Waals surface area contributed by atoms with Gasteiger partial charge in [0.1, 0.15) is 0 Å². The van der Waals surface area contributed by atoms with E-state index in [0.29, 0.717) is 0 Å². The lowest BCUT2D eigenvalue weighted by Crippen LogP contribution is -2.55. The molecule has 0 fully saturated rings. The maximum atomic E-state index is 13.9. The molecule has 0 aromatic rings. The summed E-state index contributed by atoms with van der Waals surface area (Å²) in [4.78, 5) is 11.8. The topological polar surface area (TPSA) is 83.5 Å². The van der Waals surface area contributed by atoms with Crippen molar-refractivity contribution < 1.29 is 74.8 Å². The van der Waals surface area contributed by atoms with Gasteiger partial charge in [-0.1, -0.05) is 0 Å². The van der Waals surface area contributed by atoms with E-state index in [4.69, 9.17) is 4.55 Å². The molecule has 0 saturated heterocycles. The lowest BCUT2D eigenvalue weighted by atomic mass is 9.82. The highest BCUT2D eigenvalue weighted by Gasteiger charge is 2.74. The van der Waals surface area contributed by atoms with E-state index in [1.54, 1.807) is 0 Å². The van der Waals surface area contributed by atoms with Crippen LogP contribution in [-0.2, 0) is 14.9 Å². The van der Waals surface area contributed by atoms with Crippen molar-refractivity contribution in [1.82, 2.24) is 5.32 Å². The summed E-state index contributed by atoms with van der Waals surface area (Å²) in [6, 6.07) is 0. The summed E-state index contributed by atoms with van der Waals surface area (Å²) >= 11 is 0.839. The van der Waals surface area contributed by atoms with Gasteiger partial charge in [-0.05, 0) is 38.9 Å². The molecule has 0 aromatic heterocycles. The molecular weight excluding hydrogens is 617 g/mol. The van der Waals surface area contributed by atoms with Crippen LogP contribution >= 0.6 is 11.8 Å². The van der Waals surface area contributed by atoms with E-state index < -0.39 is 95.2 Å². The van der Waals surface area contributed by atoms with Gasteiger partial charge in [-0.25, -0.2) is 4.39 Å². The Morgan fingerprint density at radius 1 is 0.821 bits per heavy atom. The summed E-state index contributed by atoms with van der Waals surface area (Å²) in [7, 11) is -4.44. The van der Waals surface area contributed by atoms with Crippen molar-refractivity contribution in [2.24, 2.45) is 11.8 Å². The molecule has 0 aliphatic heterocycles. The Labute approximate surface area is 219 Å². The highest BCUT2D eigenvalue weighted by atomic mass is 32.2. The zero-order valence-corrected chi connectivity index (χ0v) is 21.8. The van der Waals surface area contributed by atoms with Gasteiger partial charge in [0, 0.05) is 18.6 Å². The number of halogens is 13. The predicted octanol–water partition coefficient (Wildman–Crippen LogP) is 6.64. The quantitative estimate of drug-likeness (QED) is 0.126. The number of rotatable bonds is 14. The van der Waals surface area contributed by atoms with Crippen molar-refractivity contribution in [3.8, 4) is 0 Å². The average molecular weight is 644 g/mol. The lowest BCUT2D eigenvalue weighted by Gasteiger charge is -2.35. The Morgan fingerprint density at radius 2 is 1.28 bits per heavy atom. The van der Waals surface area contributed by atoms with E-state index in [0.717, 1.165) is 11.8 Å². The van der Waals surface area contributed by atoms with Crippen molar-refractivity contribution in [1.29, 1.82) is 0 Å². The second-order valence-electron chi connectivity index (χ2n) is 9.38. The molecule has 0 saturated carbocycles. The van der Waals surface area contributed by atoms with Gasteiger partial charge in [-0.2, -0.15) is 72.9 Å². The molecule has 2 atom stereocenters. The molecule has 0 aliphatic rings. The SMILES string of the molecule is CC(C)(CS(=O)(=O)O)NC(=O)CCSCCCC(CC(CC(F)(C(F)(F)F)C(F)(F)F)C(F)(F)F)C(F)(F)F.